The van der Waals surface area contributed by atoms with Gasteiger partial charge in [0.2, 0.25) is 0 Å². The van der Waals surface area contributed by atoms with Crippen LogP contribution in [0.4, 0.5) is 0 Å². The second kappa shape index (κ2) is 6.18. The van der Waals surface area contributed by atoms with Crippen molar-refractivity contribution >= 4 is 5.97 Å². The van der Waals surface area contributed by atoms with Gasteiger partial charge in [-0.2, -0.15) is 0 Å². The molecule has 0 amide bonds. The average Bonchev–Trinajstić information content (AvgIpc) is 2.00. The first-order valence-electron chi connectivity index (χ1n) is 3.69. The van der Waals surface area contributed by atoms with Crippen LogP contribution in [0.1, 0.15) is 19.3 Å². The van der Waals surface area contributed by atoms with Crippen LogP contribution < -0.4 is 0 Å². The number of hydrogen-bond donors (Lipinski definition) is 2. The topological polar surface area (TPSA) is 110 Å². The molecule has 0 saturated heterocycles. The molecule has 7 heteroatoms. The number of aliphatic hydroxyl groups excluding tert-OH is 1. The fourth-order valence-corrected chi connectivity index (χ4v) is 0.719. The maximum Gasteiger partial charge on any atom is 0.303 e. The SMILES string of the molecule is O=C(O)CCCC(O)CO[N+](=O)[O-]. The fourth-order valence-electron chi connectivity index (χ4n) is 0.719. The highest BCUT2D eigenvalue weighted by Crippen LogP contribution is 2.01. The van der Waals surface area contributed by atoms with Gasteiger partial charge in [0.15, 0.2) is 0 Å². The van der Waals surface area contributed by atoms with Crippen molar-refractivity contribution in [3.63, 3.8) is 0 Å². The molecule has 1 unspecified atom stereocenters. The molecule has 0 aliphatic rings. The fraction of sp³-hybridized carbons (Fsp3) is 0.833. The monoisotopic (exact) mass is 193 g/mol. The van der Waals surface area contributed by atoms with Crippen molar-refractivity contribution in [2.24, 2.45) is 0 Å². The first-order chi connectivity index (χ1) is 6.02. The number of carboxylic acids is 1. The summed E-state index contributed by atoms with van der Waals surface area (Å²) in [5, 5.41) is 25.9. The van der Waals surface area contributed by atoms with Gasteiger partial charge in [-0.05, 0) is 12.8 Å². The maximum absolute atomic E-state index is 10.0. The van der Waals surface area contributed by atoms with E-state index in [9.17, 15) is 14.9 Å². The molecule has 2 N–H and O–H groups in total. The third kappa shape index (κ3) is 8.54. The Balaban J connectivity index is 3.35. The minimum absolute atomic E-state index is 0.0600. The van der Waals surface area contributed by atoms with Crippen LogP contribution in [0.15, 0.2) is 0 Å². The second-order valence-electron chi connectivity index (χ2n) is 2.46. The molecule has 0 bridgehead atoms. The molecule has 0 heterocycles. The van der Waals surface area contributed by atoms with Gasteiger partial charge >= 0.3 is 5.97 Å². The average molecular weight is 193 g/mol. The molecule has 13 heavy (non-hydrogen) atoms. The second-order valence-corrected chi connectivity index (χ2v) is 2.46. The zero-order valence-electron chi connectivity index (χ0n) is 6.88. The summed E-state index contributed by atoms with van der Waals surface area (Å²) in [5.41, 5.74) is 0. The summed E-state index contributed by atoms with van der Waals surface area (Å²) < 4.78 is 0. The van der Waals surface area contributed by atoms with Crippen LogP contribution in [0.25, 0.3) is 0 Å². The lowest BCUT2D eigenvalue weighted by Crippen LogP contribution is -2.18. The minimum Gasteiger partial charge on any atom is -0.481 e. The minimum atomic E-state index is -1.000. The smallest absolute Gasteiger partial charge is 0.303 e. The number of rotatable bonds is 7. The van der Waals surface area contributed by atoms with E-state index in [-0.39, 0.29) is 19.3 Å². The van der Waals surface area contributed by atoms with E-state index in [0.717, 1.165) is 0 Å². The van der Waals surface area contributed by atoms with Gasteiger partial charge in [-0.25, -0.2) is 0 Å². The Bertz CT molecular complexity index is 182. The molecule has 0 radical (unpaired) electrons. The zero-order valence-corrected chi connectivity index (χ0v) is 6.88. The van der Waals surface area contributed by atoms with Gasteiger partial charge in [-0.3, -0.25) is 4.79 Å². The van der Waals surface area contributed by atoms with E-state index in [1.54, 1.807) is 0 Å². The number of hydrogen-bond acceptors (Lipinski definition) is 5. The van der Waals surface area contributed by atoms with Crippen LogP contribution in [-0.2, 0) is 9.63 Å². The van der Waals surface area contributed by atoms with Crippen LogP contribution >= 0.6 is 0 Å². The third-order valence-corrected chi connectivity index (χ3v) is 1.30. The van der Waals surface area contributed by atoms with E-state index < -0.39 is 23.8 Å². The molecule has 0 fully saturated rings. The molecule has 0 rings (SSSR count). The molecule has 1 atom stereocenters. The summed E-state index contributed by atoms with van der Waals surface area (Å²) in [4.78, 5) is 23.6. The maximum atomic E-state index is 10.0. The summed E-state index contributed by atoms with van der Waals surface area (Å²) in [7, 11) is 0. The quantitative estimate of drug-likeness (QED) is 0.428. The van der Waals surface area contributed by atoms with Crippen LogP contribution in [0, 0.1) is 10.1 Å². The highest BCUT2D eigenvalue weighted by atomic mass is 17.0. The summed E-state index contributed by atoms with van der Waals surface area (Å²) in [6.07, 6.45) is -0.586. The van der Waals surface area contributed by atoms with Crippen LogP contribution in [0.2, 0.25) is 0 Å². The predicted molar refractivity (Wildman–Crippen MR) is 40.4 cm³/mol. The molecule has 0 aliphatic carbocycles. The number of aliphatic carboxylic acids is 1. The van der Waals surface area contributed by atoms with E-state index in [1.165, 1.54) is 0 Å². The van der Waals surface area contributed by atoms with E-state index in [4.69, 9.17) is 10.2 Å². The molecule has 7 nitrogen and oxygen atoms in total. The van der Waals surface area contributed by atoms with Crippen molar-refractivity contribution in [3.05, 3.63) is 10.1 Å². The highest BCUT2D eigenvalue weighted by molar-refractivity contribution is 5.66. The van der Waals surface area contributed by atoms with Gasteiger partial charge in [-0.1, -0.05) is 0 Å². The molecule has 0 saturated carbocycles. The van der Waals surface area contributed by atoms with Crippen molar-refractivity contribution in [3.8, 4) is 0 Å². The standard InChI is InChI=1S/C6H11NO6/c8-5(4-13-7(11)12)2-1-3-6(9)10/h5,8H,1-4H2,(H,9,10). The summed E-state index contributed by atoms with van der Waals surface area (Å²) in [5.74, 6) is -0.956. The Kier molecular flexibility index (Phi) is 5.53. The van der Waals surface area contributed by atoms with Crippen molar-refractivity contribution in [2.45, 2.75) is 25.4 Å². The first-order valence-corrected chi connectivity index (χ1v) is 3.69. The van der Waals surface area contributed by atoms with Gasteiger partial charge in [0.05, 0.1) is 6.10 Å². The van der Waals surface area contributed by atoms with E-state index in [2.05, 4.69) is 4.84 Å². The molecule has 0 aromatic carbocycles. The Morgan fingerprint density at radius 2 is 2.23 bits per heavy atom. The molecular formula is C6H11NO6. The Morgan fingerprint density at radius 1 is 1.62 bits per heavy atom. The number of nitrogens with zero attached hydrogens (tertiary/aromatic N) is 1. The van der Waals surface area contributed by atoms with Gasteiger partial charge in [0.25, 0.3) is 5.09 Å². The highest BCUT2D eigenvalue weighted by Gasteiger charge is 2.07. The molecule has 0 spiro atoms. The van der Waals surface area contributed by atoms with Crippen LogP contribution in [0.5, 0.6) is 0 Å². The van der Waals surface area contributed by atoms with E-state index in [1.807, 2.05) is 0 Å². The van der Waals surface area contributed by atoms with Crippen LogP contribution in [0.3, 0.4) is 0 Å². The number of aliphatic hydroxyl groups is 1. The van der Waals surface area contributed by atoms with E-state index in [0.29, 0.717) is 0 Å². The normalized spacial score (nSPS) is 12.1. The number of carboxylic acid groups (broad SMARTS) is 1. The largest absolute Gasteiger partial charge is 0.481 e. The zero-order chi connectivity index (χ0) is 10.3. The van der Waals surface area contributed by atoms with Crippen molar-refractivity contribution < 1.29 is 24.9 Å². The lowest BCUT2D eigenvalue weighted by molar-refractivity contribution is -0.759. The van der Waals surface area contributed by atoms with Crippen molar-refractivity contribution in [1.82, 2.24) is 0 Å². The summed E-state index contributed by atoms with van der Waals surface area (Å²) in [6.45, 7) is -0.410. The third-order valence-electron chi connectivity index (χ3n) is 1.30. The van der Waals surface area contributed by atoms with Gasteiger partial charge < -0.3 is 15.1 Å². The van der Waals surface area contributed by atoms with Gasteiger partial charge in [-0.15, -0.1) is 10.1 Å². The Hall–Kier alpha value is -1.37. The number of carbonyl (C=O) groups is 1. The lowest BCUT2D eigenvalue weighted by Gasteiger charge is -2.06. The lowest BCUT2D eigenvalue weighted by atomic mass is 10.2. The Morgan fingerprint density at radius 3 is 2.69 bits per heavy atom. The van der Waals surface area contributed by atoms with Gasteiger partial charge in [0, 0.05) is 6.42 Å². The molecule has 0 aliphatic heterocycles. The van der Waals surface area contributed by atoms with Crippen LogP contribution in [-0.4, -0.2) is 34.0 Å². The summed E-state index contributed by atoms with van der Waals surface area (Å²) >= 11 is 0. The first kappa shape index (κ1) is 11.6. The van der Waals surface area contributed by atoms with Crippen molar-refractivity contribution in [1.29, 1.82) is 0 Å². The molecular weight excluding hydrogens is 182 g/mol. The van der Waals surface area contributed by atoms with Gasteiger partial charge in [0.1, 0.15) is 6.61 Å². The molecule has 76 valence electrons. The van der Waals surface area contributed by atoms with Crippen molar-refractivity contribution in [2.75, 3.05) is 6.61 Å². The molecule has 0 aromatic heterocycles. The summed E-state index contributed by atoms with van der Waals surface area (Å²) in [6, 6.07) is 0. The van der Waals surface area contributed by atoms with E-state index >= 15 is 0 Å². The predicted octanol–water partition coefficient (Wildman–Crippen LogP) is -0.189. The Labute approximate surface area is 74.0 Å². The molecule has 0 aromatic rings.